The van der Waals surface area contributed by atoms with Crippen molar-refractivity contribution < 1.29 is 24.5 Å². The Balaban J connectivity index is 0.00000225. The summed E-state index contributed by atoms with van der Waals surface area (Å²) in [6.07, 6.45) is 0. The number of Topliss-reactive ketones (excluding diaryl/α,β-unsaturated/α-hetero) is 1. The summed E-state index contributed by atoms with van der Waals surface area (Å²) < 4.78 is 4.59. The summed E-state index contributed by atoms with van der Waals surface area (Å²) in [6.45, 7) is -1.10. The average Bonchev–Trinajstić information content (AvgIpc) is 2.26. The van der Waals surface area contributed by atoms with E-state index in [1.54, 1.807) is 0 Å². The molecular weight excluding hydrogens is 223 g/mol. The van der Waals surface area contributed by atoms with E-state index in [9.17, 15) is 9.59 Å². The van der Waals surface area contributed by atoms with Gasteiger partial charge in [-0.25, -0.2) is 4.79 Å². The first-order chi connectivity index (χ1) is 7.13. The summed E-state index contributed by atoms with van der Waals surface area (Å²) in [5.41, 5.74) is 0.235. The Morgan fingerprint density at radius 3 is 2.25 bits per heavy atom. The van der Waals surface area contributed by atoms with E-state index < -0.39 is 25.0 Å². The first kappa shape index (κ1) is 15.1. The molecule has 6 heteroatoms. The van der Waals surface area contributed by atoms with Gasteiger partial charge in [-0.05, 0) is 24.3 Å². The summed E-state index contributed by atoms with van der Waals surface area (Å²) in [5, 5.41) is 17.3. The van der Waals surface area contributed by atoms with Crippen molar-refractivity contribution in [3.05, 3.63) is 29.8 Å². The number of aliphatic hydroxyl groups is 1. The molecule has 0 saturated heterocycles. The van der Waals surface area contributed by atoms with Crippen LogP contribution in [0.15, 0.2) is 24.3 Å². The van der Waals surface area contributed by atoms with E-state index in [1.165, 1.54) is 24.3 Å². The van der Waals surface area contributed by atoms with Gasteiger partial charge in [0, 0.05) is 0 Å². The molecule has 0 amide bonds. The number of esters is 1. The Morgan fingerprint density at radius 2 is 1.75 bits per heavy atom. The van der Waals surface area contributed by atoms with Crippen molar-refractivity contribution in [2.75, 3.05) is 13.2 Å². The second kappa shape index (κ2) is 7.40. The van der Waals surface area contributed by atoms with E-state index in [0.717, 1.165) is 0 Å². The molecule has 0 unspecified atom stereocenters. The van der Waals surface area contributed by atoms with Gasteiger partial charge in [0.2, 0.25) is 0 Å². The van der Waals surface area contributed by atoms with Crippen LogP contribution in [0.3, 0.4) is 0 Å². The summed E-state index contributed by atoms with van der Waals surface area (Å²) in [6, 6.07) is 5.43. The van der Waals surface area contributed by atoms with Gasteiger partial charge in [-0.1, -0.05) is 0 Å². The van der Waals surface area contributed by atoms with Crippen molar-refractivity contribution >= 4 is 41.3 Å². The van der Waals surface area contributed by atoms with E-state index in [-0.39, 0.29) is 40.9 Å². The number of rotatable bonds is 4. The maximum atomic E-state index is 11.2. The molecule has 1 aromatic carbocycles. The van der Waals surface area contributed by atoms with Crippen LogP contribution in [-0.2, 0) is 9.53 Å². The van der Waals surface area contributed by atoms with Gasteiger partial charge in [-0.2, -0.15) is 0 Å². The van der Waals surface area contributed by atoms with Crippen LogP contribution in [-0.4, -0.2) is 64.7 Å². The number of phenolic OH excluding ortho intramolecular Hbond substituents is 1. The maximum absolute atomic E-state index is 11.2. The number of aromatic hydroxyl groups is 1. The van der Waals surface area contributed by atoms with Gasteiger partial charge in [-0.3, -0.25) is 4.79 Å². The second-order valence-corrected chi connectivity index (χ2v) is 2.82. The van der Waals surface area contributed by atoms with Crippen LogP contribution < -0.4 is 0 Å². The molecule has 0 aromatic heterocycles. The zero-order chi connectivity index (χ0) is 11.3. The van der Waals surface area contributed by atoms with Crippen LogP contribution in [0.2, 0.25) is 0 Å². The van der Waals surface area contributed by atoms with Crippen molar-refractivity contribution in [1.29, 1.82) is 0 Å². The molecule has 0 aliphatic heterocycles. The Morgan fingerprint density at radius 1 is 1.19 bits per heavy atom. The quantitative estimate of drug-likeness (QED) is 0.540. The molecule has 0 aliphatic carbocycles. The van der Waals surface area contributed by atoms with Gasteiger partial charge in [0.15, 0.2) is 12.4 Å². The molecule has 0 bridgehead atoms. The van der Waals surface area contributed by atoms with Crippen molar-refractivity contribution in [1.82, 2.24) is 0 Å². The minimum atomic E-state index is -0.670. The fourth-order valence-electron chi connectivity index (χ4n) is 0.873. The molecule has 82 valence electrons. The zero-order valence-corrected chi connectivity index (χ0v) is 7.84. The second-order valence-electron chi connectivity index (χ2n) is 2.82. The number of phenols is 1. The molecule has 0 saturated carbocycles. The first-order valence-electron chi connectivity index (χ1n) is 4.22. The van der Waals surface area contributed by atoms with Crippen LogP contribution in [0.4, 0.5) is 0 Å². The van der Waals surface area contributed by atoms with Crippen molar-refractivity contribution in [3.63, 3.8) is 0 Å². The van der Waals surface area contributed by atoms with E-state index >= 15 is 0 Å². The Kier molecular flexibility index (Phi) is 7.00. The van der Waals surface area contributed by atoms with Crippen molar-refractivity contribution in [3.8, 4) is 5.75 Å². The number of aliphatic hydroxyl groups excluding tert-OH is 1. The van der Waals surface area contributed by atoms with Gasteiger partial charge in [0.05, 0.1) is 5.56 Å². The fraction of sp³-hybridized carbons (Fsp3) is 0.200. The Labute approximate surface area is 114 Å². The van der Waals surface area contributed by atoms with E-state index in [1.807, 2.05) is 0 Å². The molecule has 0 atom stereocenters. The number of benzene rings is 1. The summed E-state index contributed by atoms with van der Waals surface area (Å²) in [7, 11) is 0. The molecule has 16 heavy (non-hydrogen) atoms. The molecular formula is C10H11NaO5. The van der Waals surface area contributed by atoms with Gasteiger partial charge < -0.3 is 14.9 Å². The van der Waals surface area contributed by atoms with Crippen LogP contribution >= 0.6 is 0 Å². The monoisotopic (exact) mass is 234 g/mol. The summed E-state index contributed by atoms with van der Waals surface area (Å²) in [5.74, 6) is -1.20. The summed E-state index contributed by atoms with van der Waals surface area (Å²) in [4.78, 5) is 21.9. The SMILES string of the molecule is O=C(CO)COC(=O)c1ccc(O)cc1.[NaH]. The number of hydrogen-bond donors (Lipinski definition) is 2. The molecule has 0 heterocycles. The van der Waals surface area contributed by atoms with Gasteiger partial charge >= 0.3 is 35.5 Å². The van der Waals surface area contributed by atoms with Crippen molar-refractivity contribution in [2.24, 2.45) is 0 Å². The molecule has 1 rings (SSSR count). The zero-order valence-electron chi connectivity index (χ0n) is 7.84. The molecule has 0 fully saturated rings. The molecule has 0 radical (unpaired) electrons. The third-order valence-corrected chi connectivity index (χ3v) is 1.64. The molecule has 2 N–H and O–H groups in total. The topological polar surface area (TPSA) is 83.8 Å². The average molecular weight is 234 g/mol. The number of carbonyl (C=O) groups is 2. The fourth-order valence-corrected chi connectivity index (χ4v) is 0.873. The third kappa shape index (κ3) is 4.76. The van der Waals surface area contributed by atoms with E-state index in [2.05, 4.69) is 4.74 Å². The molecule has 5 nitrogen and oxygen atoms in total. The van der Waals surface area contributed by atoms with Gasteiger partial charge in [0.25, 0.3) is 0 Å². The number of hydrogen-bond acceptors (Lipinski definition) is 5. The molecule has 1 aromatic rings. The number of carbonyl (C=O) groups excluding carboxylic acids is 2. The first-order valence-corrected chi connectivity index (χ1v) is 4.22. The number of ether oxygens (including phenoxy) is 1. The van der Waals surface area contributed by atoms with Gasteiger partial charge in [-0.15, -0.1) is 0 Å². The van der Waals surface area contributed by atoms with Gasteiger partial charge in [0.1, 0.15) is 12.4 Å². The molecule has 0 aliphatic rings. The predicted octanol–water partition coefficient (Wildman–Crippen LogP) is -0.538. The van der Waals surface area contributed by atoms with Crippen LogP contribution in [0, 0.1) is 0 Å². The summed E-state index contributed by atoms with van der Waals surface area (Å²) >= 11 is 0. The minimum absolute atomic E-state index is 0. The normalized spacial score (nSPS) is 9.06. The standard InChI is InChI=1S/C10H10O5.Na.H/c11-5-9(13)6-15-10(14)7-1-3-8(12)4-2-7;;/h1-4,11-12H,5-6H2;;. The van der Waals surface area contributed by atoms with Crippen LogP contribution in [0.5, 0.6) is 5.75 Å². The van der Waals surface area contributed by atoms with Crippen molar-refractivity contribution in [2.45, 2.75) is 0 Å². The Hall–Kier alpha value is -0.880. The van der Waals surface area contributed by atoms with E-state index in [4.69, 9.17) is 10.2 Å². The molecule has 0 spiro atoms. The van der Waals surface area contributed by atoms with E-state index in [0.29, 0.717) is 0 Å². The third-order valence-electron chi connectivity index (χ3n) is 1.64. The van der Waals surface area contributed by atoms with Crippen LogP contribution in [0.25, 0.3) is 0 Å². The Bertz CT molecular complexity index is 360. The number of ketones is 1. The predicted molar refractivity (Wildman–Crippen MR) is 57.6 cm³/mol. The van der Waals surface area contributed by atoms with Crippen LogP contribution in [0.1, 0.15) is 10.4 Å².